The summed E-state index contributed by atoms with van der Waals surface area (Å²) in [5, 5.41) is 13.5. The van der Waals surface area contributed by atoms with Gasteiger partial charge in [-0.2, -0.15) is 24.9 Å². The zero-order chi connectivity index (χ0) is 13.5. The summed E-state index contributed by atoms with van der Waals surface area (Å²) in [7, 11) is 0. The molecule has 4 N–H and O–H groups in total. The largest absolute Gasteiger partial charge is 0.409 e. The van der Waals surface area contributed by atoms with Gasteiger partial charge in [0.25, 0.3) is 0 Å². The van der Waals surface area contributed by atoms with Gasteiger partial charge in [0.05, 0.1) is 0 Å². The number of halogens is 3. The normalized spacial score (nSPS) is 16.9. The molecular weight excluding hydrogens is 255 g/mol. The number of nitrogens with two attached hydrogens (primary N) is 1. The van der Waals surface area contributed by atoms with E-state index in [1.165, 1.54) is 0 Å². The van der Waals surface area contributed by atoms with Gasteiger partial charge in [-0.1, -0.05) is 5.16 Å². The Labute approximate surface area is 103 Å². The third kappa shape index (κ3) is 6.62. The number of rotatable bonds is 7. The van der Waals surface area contributed by atoms with Crippen LogP contribution in [0.4, 0.5) is 13.2 Å². The lowest BCUT2D eigenvalue weighted by Crippen LogP contribution is -2.45. The molecule has 0 aromatic heterocycles. The van der Waals surface area contributed by atoms with Crippen LogP contribution in [0.5, 0.6) is 0 Å². The van der Waals surface area contributed by atoms with Crippen molar-refractivity contribution in [3.63, 3.8) is 0 Å². The summed E-state index contributed by atoms with van der Waals surface area (Å²) in [4.78, 5) is 0. The van der Waals surface area contributed by atoms with Crippen molar-refractivity contribution in [2.75, 3.05) is 18.6 Å². The molecule has 17 heavy (non-hydrogen) atoms. The van der Waals surface area contributed by atoms with Gasteiger partial charge in [0.2, 0.25) is 0 Å². The zero-order valence-electron chi connectivity index (χ0n) is 9.79. The Hall–Kier alpha value is -0.630. The van der Waals surface area contributed by atoms with Gasteiger partial charge in [0.15, 0.2) is 5.84 Å². The number of amidine groups is 1. The molecule has 0 aliphatic heterocycles. The van der Waals surface area contributed by atoms with Gasteiger partial charge in [-0.25, -0.2) is 0 Å². The fraction of sp³-hybridized carbons (Fsp3) is 0.889. The Morgan fingerprint density at radius 2 is 2.12 bits per heavy atom. The Kier molecular flexibility index (Phi) is 7.37. The molecule has 0 heterocycles. The van der Waals surface area contributed by atoms with E-state index in [0.29, 0.717) is 0 Å². The molecule has 8 heteroatoms. The zero-order valence-corrected chi connectivity index (χ0v) is 10.6. The molecule has 0 aliphatic carbocycles. The van der Waals surface area contributed by atoms with Crippen molar-refractivity contribution in [2.24, 2.45) is 16.8 Å². The highest BCUT2D eigenvalue weighted by Crippen LogP contribution is 2.26. The molecule has 0 radical (unpaired) electrons. The van der Waals surface area contributed by atoms with Crippen LogP contribution in [-0.2, 0) is 0 Å². The van der Waals surface area contributed by atoms with E-state index in [2.05, 4.69) is 10.5 Å². The van der Waals surface area contributed by atoms with E-state index >= 15 is 0 Å². The number of hydrogen-bond acceptors (Lipinski definition) is 4. The molecule has 0 bridgehead atoms. The van der Waals surface area contributed by atoms with Gasteiger partial charge in [-0.05, 0) is 25.4 Å². The minimum atomic E-state index is -4.51. The van der Waals surface area contributed by atoms with Crippen LogP contribution in [0, 0.1) is 5.92 Å². The first-order valence-corrected chi connectivity index (χ1v) is 6.48. The Morgan fingerprint density at radius 1 is 1.53 bits per heavy atom. The Morgan fingerprint density at radius 3 is 2.53 bits per heavy atom. The molecule has 0 aromatic rings. The molecular formula is C9H18F3N3OS. The molecule has 2 atom stereocenters. The van der Waals surface area contributed by atoms with Crippen LogP contribution >= 0.6 is 11.8 Å². The second kappa shape index (κ2) is 7.65. The van der Waals surface area contributed by atoms with E-state index < -0.39 is 17.9 Å². The van der Waals surface area contributed by atoms with Gasteiger partial charge in [-0.3, -0.25) is 0 Å². The topological polar surface area (TPSA) is 70.6 Å². The van der Waals surface area contributed by atoms with Crippen LogP contribution in [0.2, 0.25) is 0 Å². The molecule has 0 aromatic carbocycles. The van der Waals surface area contributed by atoms with E-state index in [-0.39, 0.29) is 12.6 Å². The van der Waals surface area contributed by atoms with Crippen LogP contribution in [0.1, 0.15) is 13.3 Å². The van der Waals surface area contributed by atoms with Crippen molar-refractivity contribution >= 4 is 17.6 Å². The average Bonchev–Trinajstić information content (AvgIpc) is 2.24. The van der Waals surface area contributed by atoms with Crippen molar-refractivity contribution in [2.45, 2.75) is 25.6 Å². The lowest BCUT2D eigenvalue weighted by atomic mass is 10.1. The molecule has 0 amide bonds. The van der Waals surface area contributed by atoms with Crippen molar-refractivity contribution in [1.29, 1.82) is 0 Å². The average molecular weight is 273 g/mol. The predicted molar refractivity (Wildman–Crippen MR) is 63.4 cm³/mol. The van der Waals surface area contributed by atoms with E-state index in [4.69, 9.17) is 10.9 Å². The standard InChI is InChI=1S/C9H18F3N3OS/c1-6(3-4-17-2)14-5-7(8(13)15-16)9(10,11)12/h6-7,14,16H,3-5H2,1-2H3,(H2,13,15). The molecule has 2 unspecified atom stereocenters. The lowest BCUT2D eigenvalue weighted by molar-refractivity contribution is -0.155. The maximum absolute atomic E-state index is 12.5. The summed E-state index contributed by atoms with van der Waals surface area (Å²) in [6.07, 6.45) is -1.81. The maximum atomic E-state index is 12.5. The lowest BCUT2D eigenvalue weighted by Gasteiger charge is -2.21. The van der Waals surface area contributed by atoms with Gasteiger partial charge in [-0.15, -0.1) is 0 Å². The van der Waals surface area contributed by atoms with Gasteiger partial charge in [0.1, 0.15) is 5.92 Å². The highest BCUT2D eigenvalue weighted by molar-refractivity contribution is 7.98. The Balaban J connectivity index is 4.28. The molecule has 0 aliphatic rings. The maximum Gasteiger partial charge on any atom is 0.400 e. The number of hydrogen-bond donors (Lipinski definition) is 3. The van der Waals surface area contributed by atoms with Crippen LogP contribution < -0.4 is 11.1 Å². The molecule has 4 nitrogen and oxygen atoms in total. The molecule has 0 saturated carbocycles. The van der Waals surface area contributed by atoms with E-state index in [9.17, 15) is 13.2 Å². The summed E-state index contributed by atoms with van der Waals surface area (Å²) in [6.45, 7) is 1.42. The highest BCUT2D eigenvalue weighted by Gasteiger charge is 2.42. The van der Waals surface area contributed by atoms with Crippen LogP contribution in [0.3, 0.4) is 0 Å². The second-order valence-electron chi connectivity index (χ2n) is 3.71. The quantitative estimate of drug-likeness (QED) is 0.285. The summed E-state index contributed by atoms with van der Waals surface area (Å²) in [6, 6.07) is -0.0428. The van der Waals surface area contributed by atoms with E-state index in [1.54, 1.807) is 18.7 Å². The number of thioether (sulfide) groups is 1. The van der Waals surface area contributed by atoms with E-state index in [1.807, 2.05) is 6.26 Å². The summed E-state index contributed by atoms with van der Waals surface area (Å²) >= 11 is 1.63. The van der Waals surface area contributed by atoms with Crippen molar-refractivity contribution in [3.05, 3.63) is 0 Å². The van der Waals surface area contributed by atoms with Crippen LogP contribution in [-0.4, -0.2) is 41.8 Å². The second-order valence-corrected chi connectivity index (χ2v) is 4.70. The van der Waals surface area contributed by atoms with Gasteiger partial charge >= 0.3 is 6.18 Å². The predicted octanol–water partition coefficient (Wildman–Crippen LogP) is 1.64. The SMILES string of the molecule is CSCCC(C)NCC(C(N)=NO)C(F)(F)F. The summed E-state index contributed by atoms with van der Waals surface area (Å²) in [5.74, 6) is -1.90. The summed E-state index contributed by atoms with van der Waals surface area (Å²) < 4.78 is 37.6. The number of nitrogens with one attached hydrogen (secondary N) is 1. The van der Waals surface area contributed by atoms with Crippen LogP contribution in [0.15, 0.2) is 5.16 Å². The molecule has 102 valence electrons. The molecule has 0 saturated heterocycles. The first kappa shape index (κ1) is 16.4. The van der Waals surface area contributed by atoms with Crippen molar-refractivity contribution in [1.82, 2.24) is 5.32 Å². The van der Waals surface area contributed by atoms with Crippen molar-refractivity contribution < 1.29 is 18.4 Å². The number of alkyl halides is 3. The number of oxime groups is 1. The van der Waals surface area contributed by atoms with E-state index in [0.717, 1.165) is 12.2 Å². The van der Waals surface area contributed by atoms with Gasteiger partial charge < -0.3 is 16.3 Å². The van der Waals surface area contributed by atoms with Gasteiger partial charge in [0, 0.05) is 12.6 Å². The third-order valence-corrected chi connectivity index (χ3v) is 2.94. The van der Waals surface area contributed by atoms with Crippen molar-refractivity contribution in [3.8, 4) is 0 Å². The van der Waals surface area contributed by atoms with Crippen LogP contribution in [0.25, 0.3) is 0 Å². The molecule has 0 rings (SSSR count). The molecule has 0 fully saturated rings. The third-order valence-electron chi connectivity index (χ3n) is 2.29. The fourth-order valence-corrected chi connectivity index (χ4v) is 1.76. The fourth-order valence-electron chi connectivity index (χ4n) is 1.17. The number of nitrogens with zero attached hydrogens (tertiary/aromatic N) is 1. The highest BCUT2D eigenvalue weighted by atomic mass is 32.2. The monoisotopic (exact) mass is 273 g/mol. The first-order valence-electron chi connectivity index (χ1n) is 5.09. The molecule has 0 spiro atoms. The minimum absolute atomic E-state index is 0.0428. The first-order chi connectivity index (χ1) is 7.82. The minimum Gasteiger partial charge on any atom is -0.409 e. The smallest absolute Gasteiger partial charge is 0.400 e. The summed E-state index contributed by atoms with van der Waals surface area (Å²) in [5.41, 5.74) is 5.03. The Bertz CT molecular complexity index is 248.